The number of benzene rings is 1. The topological polar surface area (TPSA) is 83.7 Å². The number of hydrogen-bond donors (Lipinski definition) is 1. The van der Waals surface area contributed by atoms with Crippen LogP contribution < -0.4 is 5.73 Å². The Bertz CT molecular complexity index is 662. The Kier molecular flexibility index (Phi) is 7.66. The molecule has 1 aromatic carbocycles. The quantitative estimate of drug-likeness (QED) is 0.817. The molecule has 1 aromatic rings. The number of halogens is 1. The molecule has 1 aliphatic rings. The Balaban J connectivity index is 0.00000288. The highest BCUT2D eigenvalue weighted by atomic mass is 35.5. The summed E-state index contributed by atoms with van der Waals surface area (Å²) >= 11 is 0. The van der Waals surface area contributed by atoms with Crippen LogP contribution in [-0.4, -0.2) is 56.3 Å². The van der Waals surface area contributed by atoms with Gasteiger partial charge < -0.3 is 10.6 Å². The first-order valence-electron chi connectivity index (χ1n) is 8.03. The molecule has 24 heavy (non-hydrogen) atoms. The molecule has 0 bridgehead atoms. The molecule has 0 radical (unpaired) electrons. The molecule has 2 N–H and O–H groups in total. The zero-order chi connectivity index (χ0) is 17.0. The second-order valence-corrected chi connectivity index (χ2v) is 7.70. The number of amides is 1. The molecule has 1 amide bonds. The van der Waals surface area contributed by atoms with Gasteiger partial charge >= 0.3 is 0 Å². The highest BCUT2D eigenvalue weighted by Gasteiger charge is 2.27. The summed E-state index contributed by atoms with van der Waals surface area (Å²) in [6.45, 7) is 6.29. The van der Waals surface area contributed by atoms with Gasteiger partial charge in [0.25, 0.3) is 5.91 Å². The van der Waals surface area contributed by atoms with E-state index in [-0.39, 0.29) is 23.2 Å². The lowest BCUT2D eigenvalue weighted by Crippen LogP contribution is -2.32. The van der Waals surface area contributed by atoms with E-state index >= 15 is 0 Å². The number of nitrogens with two attached hydrogens (primary N) is 1. The number of sulfonamides is 1. The van der Waals surface area contributed by atoms with E-state index in [9.17, 15) is 13.2 Å². The molecule has 1 fully saturated rings. The predicted octanol–water partition coefficient (Wildman–Crippen LogP) is 1.56. The van der Waals surface area contributed by atoms with Crippen molar-refractivity contribution in [2.45, 2.75) is 25.2 Å². The third-order valence-electron chi connectivity index (χ3n) is 4.33. The van der Waals surface area contributed by atoms with E-state index in [0.717, 1.165) is 6.42 Å². The Morgan fingerprint density at radius 1 is 1.33 bits per heavy atom. The minimum absolute atomic E-state index is 0. The van der Waals surface area contributed by atoms with Crippen LogP contribution >= 0.6 is 12.4 Å². The van der Waals surface area contributed by atoms with Crippen molar-refractivity contribution in [3.05, 3.63) is 29.8 Å². The Hall–Kier alpha value is -1.15. The monoisotopic (exact) mass is 375 g/mol. The second-order valence-electron chi connectivity index (χ2n) is 5.76. The predicted molar refractivity (Wildman–Crippen MR) is 96.9 cm³/mol. The summed E-state index contributed by atoms with van der Waals surface area (Å²) in [5.41, 5.74) is 6.07. The van der Waals surface area contributed by atoms with Crippen LogP contribution in [0.5, 0.6) is 0 Å². The van der Waals surface area contributed by atoms with Crippen molar-refractivity contribution in [3.8, 4) is 0 Å². The molecule has 0 spiro atoms. The van der Waals surface area contributed by atoms with Gasteiger partial charge in [0.15, 0.2) is 0 Å². The molecule has 136 valence electrons. The molecule has 0 aromatic heterocycles. The van der Waals surface area contributed by atoms with Crippen molar-refractivity contribution in [1.29, 1.82) is 0 Å². The molecule has 8 heteroatoms. The Labute approximate surface area is 150 Å². The highest BCUT2D eigenvalue weighted by Crippen LogP contribution is 2.21. The van der Waals surface area contributed by atoms with Crippen LogP contribution in [0.4, 0.5) is 0 Å². The van der Waals surface area contributed by atoms with Gasteiger partial charge in [-0.05, 0) is 37.1 Å². The average Bonchev–Trinajstić information content (AvgIpc) is 3.04. The average molecular weight is 376 g/mol. The first-order chi connectivity index (χ1) is 10.9. The van der Waals surface area contributed by atoms with Gasteiger partial charge in [-0.3, -0.25) is 4.79 Å². The number of carbonyl (C=O) groups excluding carboxylic acids is 1. The first kappa shape index (κ1) is 20.9. The van der Waals surface area contributed by atoms with Crippen LogP contribution in [0, 0.1) is 5.92 Å². The maximum absolute atomic E-state index is 12.6. The molecule has 1 atom stereocenters. The number of hydrogen-bond acceptors (Lipinski definition) is 4. The normalized spacial score (nSPS) is 17.8. The van der Waals surface area contributed by atoms with Gasteiger partial charge in [0.05, 0.1) is 4.90 Å². The van der Waals surface area contributed by atoms with Crippen LogP contribution in [0.1, 0.15) is 30.6 Å². The van der Waals surface area contributed by atoms with Crippen LogP contribution in [-0.2, 0) is 10.0 Å². The molecule has 1 saturated heterocycles. The maximum Gasteiger partial charge on any atom is 0.253 e. The zero-order valence-electron chi connectivity index (χ0n) is 14.1. The fourth-order valence-electron chi connectivity index (χ4n) is 2.89. The number of likely N-dealkylation sites (tertiary alicyclic amines) is 1. The van der Waals surface area contributed by atoms with Crippen LogP contribution in [0.15, 0.2) is 29.2 Å². The van der Waals surface area contributed by atoms with E-state index in [0.29, 0.717) is 44.2 Å². The molecule has 2 rings (SSSR count). The molecular formula is C16H26ClN3O3S. The van der Waals surface area contributed by atoms with E-state index in [4.69, 9.17) is 5.73 Å². The first-order valence-corrected chi connectivity index (χ1v) is 9.47. The van der Waals surface area contributed by atoms with Crippen LogP contribution in [0.3, 0.4) is 0 Å². The van der Waals surface area contributed by atoms with Gasteiger partial charge in [0.1, 0.15) is 0 Å². The van der Waals surface area contributed by atoms with Gasteiger partial charge in [-0.25, -0.2) is 8.42 Å². The molecule has 1 aliphatic heterocycles. The van der Waals surface area contributed by atoms with E-state index in [1.54, 1.807) is 30.9 Å². The minimum atomic E-state index is -3.55. The summed E-state index contributed by atoms with van der Waals surface area (Å²) < 4.78 is 26.5. The molecular weight excluding hydrogens is 350 g/mol. The summed E-state index contributed by atoms with van der Waals surface area (Å²) in [7, 11) is -3.55. The smallest absolute Gasteiger partial charge is 0.253 e. The fourth-order valence-corrected chi connectivity index (χ4v) is 4.40. The lowest BCUT2D eigenvalue weighted by molar-refractivity contribution is 0.0787. The maximum atomic E-state index is 12.6. The standard InChI is InChI=1S/C16H25N3O3S.ClH/c1-3-19(4-2)23(21,22)15-7-5-6-14(10-15)16(20)18-9-8-13(11-17)12-18;/h5-7,10,13H,3-4,8-9,11-12,17H2,1-2H3;1H. The van der Waals surface area contributed by atoms with E-state index in [2.05, 4.69) is 0 Å². The zero-order valence-corrected chi connectivity index (χ0v) is 15.8. The van der Waals surface area contributed by atoms with Crippen molar-refractivity contribution < 1.29 is 13.2 Å². The lowest BCUT2D eigenvalue weighted by Gasteiger charge is -2.20. The SMILES string of the molecule is CCN(CC)S(=O)(=O)c1cccc(C(=O)N2CCC(CN)C2)c1.Cl. The lowest BCUT2D eigenvalue weighted by atomic mass is 10.1. The van der Waals surface area contributed by atoms with Gasteiger partial charge in [-0.2, -0.15) is 4.31 Å². The van der Waals surface area contributed by atoms with E-state index < -0.39 is 10.0 Å². The van der Waals surface area contributed by atoms with Crippen LogP contribution in [0.2, 0.25) is 0 Å². The molecule has 6 nitrogen and oxygen atoms in total. The Morgan fingerprint density at radius 3 is 2.54 bits per heavy atom. The number of rotatable bonds is 6. The van der Waals surface area contributed by atoms with Crippen molar-refractivity contribution in [3.63, 3.8) is 0 Å². The molecule has 0 aliphatic carbocycles. The van der Waals surface area contributed by atoms with Crippen molar-refractivity contribution in [2.75, 3.05) is 32.7 Å². The summed E-state index contributed by atoms with van der Waals surface area (Å²) in [4.78, 5) is 14.5. The van der Waals surface area contributed by atoms with E-state index in [1.807, 2.05) is 0 Å². The minimum Gasteiger partial charge on any atom is -0.338 e. The third kappa shape index (κ3) is 4.27. The molecule has 1 unspecified atom stereocenters. The van der Waals surface area contributed by atoms with Gasteiger partial charge in [-0.15, -0.1) is 12.4 Å². The van der Waals surface area contributed by atoms with Gasteiger partial charge in [0.2, 0.25) is 10.0 Å². The Morgan fingerprint density at radius 2 is 2.00 bits per heavy atom. The highest BCUT2D eigenvalue weighted by molar-refractivity contribution is 7.89. The van der Waals surface area contributed by atoms with Crippen molar-refractivity contribution >= 4 is 28.3 Å². The molecule has 1 heterocycles. The van der Waals surface area contributed by atoms with Crippen molar-refractivity contribution in [1.82, 2.24) is 9.21 Å². The fraction of sp³-hybridized carbons (Fsp3) is 0.562. The van der Waals surface area contributed by atoms with Gasteiger partial charge in [0, 0.05) is 31.7 Å². The molecule has 0 saturated carbocycles. The van der Waals surface area contributed by atoms with Crippen molar-refractivity contribution in [2.24, 2.45) is 11.7 Å². The second kappa shape index (κ2) is 8.80. The summed E-state index contributed by atoms with van der Waals surface area (Å²) in [5, 5.41) is 0. The number of carbonyl (C=O) groups is 1. The summed E-state index contributed by atoms with van der Waals surface area (Å²) in [5.74, 6) is 0.207. The summed E-state index contributed by atoms with van der Waals surface area (Å²) in [6.07, 6.45) is 0.902. The summed E-state index contributed by atoms with van der Waals surface area (Å²) in [6, 6.07) is 6.31. The van der Waals surface area contributed by atoms with Crippen LogP contribution in [0.25, 0.3) is 0 Å². The van der Waals surface area contributed by atoms with E-state index in [1.165, 1.54) is 16.4 Å². The number of nitrogens with zero attached hydrogens (tertiary/aromatic N) is 2. The third-order valence-corrected chi connectivity index (χ3v) is 6.38. The van der Waals surface area contributed by atoms with Gasteiger partial charge in [-0.1, -0.05) is 19.9 Å². The largest absolute Gasteiger partial charge is 0.338 e.